The summed E-state index contributed by atoms with van der Waals surface area (Å²) < 4.78 is 53.7. The summed E-state index contributed by atoms with van der Waals surface area (Å²) in [6.07, 6.45) is 0.0413. The van der Waals surface area contributed by atoms with E-state index in [0.29, 0.717) is 24.7 Å². The van der Waals surface area contributed by atoms with E-state index < -0.39 is 17.6 Å². The average molecular weight is 613 g/mol. The van der Waals surface area contributed by atoms with Crippen molar-refractivity contribution in [2.75, 3.05) is 33.2 Å². The highest BCUT2D eigenvalue weighted by atomic mass is 79.9. The summed E-state index contributed by atoms with van der Waals surface area (Å²) in [6, 6.07) is 10.9. The predicted octanol–water partition coefficient (Wildman–Crippen LogP) is 5.52. The lowest BCUT2D eigenvalue weighted by Crippen LogP contribution is -2.64. The second-order valence-corrected chi connectivity index (χ2v) is 12.2. The van der Waals surface area contributed by atoms with Crippen molar-refractivity contribution < 1.29 is 27.5 Å². The number of carbonyl (C=O) groups is 1. The molecule has 3 aliphatic rings. The second-order valence-electron chi connectivity index (χ2n) is 11.3. The van der Waals surface area contributed by atoms with Crippen LogP contribution in [-0.4, -0.2) is 83.2 Å². The van der Waals surface area contributed by atoms with Gasteiger partial charge in [0.05, 0.1) is 11.7 Å². The molecular formula is C29H34BrF4N3O2. The van der Waals surface area contributed by atoms with E-state index in [2.05, 4.69) is 25.7 Å². The molecule has 0 saturated carbocycles. The standard InChI is InChI=1S/C29H34BrF4N3O2/c1-35(28(39)20-10-21(29(32,33)34)12-22(30)11-20)15-19(18-2-4-23(31)5-3-18)8-9-36-16-26(17-36)37-24-6-7-25(37)14-27(38)13-24/h2-5,10-12,19,24-27,38H,6-9,13-17H2,1H3/t19-,24+,25+/m1/s1. The number of piperidine rings is 1. The van der Waals surface area contributed by atoms with Crippen LogP contribution >= 0.6 is 15.9 Å². The molecule has 5 nitrogen and oxygen atoms in total. The Morgan fingerprint density at radius 3 is 2.33 bits per heavy atom. The van der Waals surface area contributed by atoms with Crippen LogP contribution < -0.4 is 0 Å². The summed E-state index contributed by atoms with van der Waals surface area (Å²) >= 11 is 3.09. The average Bonchev–Trinajstić information content (AvgIpc) is 3.10. The maximum absolute atomic E-state index is 13.6. The first kappa shape index (κ1) is 28.5. The molecule has 3 saturated heterocycles. The van der Waals surface area contributed by atoms with E-state index in [1.165, 1.54) is 23.1 Å². The van der Waals surface area contributed by atoms with Crippen LogP contribution in [0, 0.1) is 5.82 Å². The van der Waals surface area contributed by atoms with Crippen molar-refractivity contribution in [3.63, 3.8) is 0 Å². The number of alkyl halides is 3. The molecule has 3 aliphatic heterocycles. The van der Waals surface area contributed by atoms with Crippen LogP contribution in [0.3, 0.4) is 0 Å². The minimum atomic E-state index is -4.56. The number of nitrogens with zero attached hydrogens (tertiary/aromatic N) is 3. The molecule has 2 aromatic rings. The fourth-order valence-electron chi connectivity index (χ4n) is 6.64. The van der Waals surface area contributed by atoms with Crippen LogP contribution in [0.1, 0.15) is 59.5 Å². The van der Waals surface area contributed by atoms with E-state index in [1.54, 1.807) is 19.2 Å². The van der Waals surface area contributed by atoms with Gasteiger partial charge in [-0.2, -0.15) is 13.2 Å². The Hall–Kier alpha value is -2.01. The third-order valence-electron chi connectivity index (χ3n) is 8.57. The van der Waals surface area contributed by atoms with Crippen LogP contribution in [0.5, 0.6) is 0 Å². The third-order valence-corrected chi connectivity index (χ3v) is 9.03. The zero-order valence-electron chi connectivity index (χ0n) is 21.9. The monoisotopic (exact) mass is 611 g/mol. The van der Waals surface area contributed by atoms with Crippen molar-refractivity contribution in [1.29, 1.82) is 0 Å². The largest absolute Gasteiger partial charge is 0.416 e. The lowest BCUT2D eigenvalue weighted by Gasteiger charge is -2.51. The van der Waals surface area contributed by atoms with Crippen molar-refractivity contribution >= 4 is 21.8 Å². The number of rotatable bonds is 8. The number of aliphatic hydroxyl groups excluding tert-OH is 1. The minimum Gasteiger partial charge on any atom is -0.393 e. The molecule has 3 atom stereocenters. The maximum atomic E-state index is 13.6. The van der Waals surface area contributed by atoms with Crippen molar-refractivity contribution in [3.8, 4) is 0 Å². The number of aliphatic hydroxyl groups is 1. The van der Waals surface area contributed by atoms with Gasteiger partial charge in [0, 0.05) is 60.8 Å². The molecule has 0 radical (unpaired) electrons. The van der Waals surface area contributed by atoms with Gasteiger partial charge in [0.2, 0.25) is 0 Å². The molecule has 3 heterocycles. The van der Waals surface area contributed by atoms with Crippen LogP contribution in [0.25, 0.3) is 0 Å². The number of carbonyl (C=O) groups excluding carboxylic acids is 1. The first-order valence-electron chi connectivity index (χ1n) is 13.5. The molecule has 0 unspecified atom stereocenters. The van der Waals surface area contributed by atoms with Gasteiger partial charge in [-0.1, -0.05) is 28.1 Å². The van der Waals surface area contributed by atoms with E-state index in [1.807, 2.05) is 0 Å². The molecule has 212 valence electrons. The Morgan fingerprint density at radius 2 is 1.72 bits per heavy atom. The Balaban J connectivity index is 1.22. The van der Waals surface area contributed by atoms with E-state index >= 15 is 0 Å². The Morgan fingerprint density at radius 1 is 1.08 bits per heavy atom. The number of hydrogen-bond acceptors (Lipinski definition) is 4. The number of likely N-dealkylation sites (N-methyl/N-ethyl adjacent to an activating group) is 1. The molecule has 2 aromatic carbocycles. The van der Waals surface area contributed by atoms with Gasteiger partial charge in [-0.15, -0.1) is 0 Å². The molecule has 10 heteroatoms. The van der Waals surface area contributed by atoms with E-state index in [-0.39, 0.29) is 27.9 Å². The lowest BCUT2D eigenvalue weighted by molar-refractivity contribution is -0.137. The van der Waals surface area contributed by atoms with E-state index in [4.69, 9.17) is 0 Å². The van der Waals surface area contributed by atoms with Gasteiger partial charge < -0.3 is 14.9 Å². The number of benzene rings is 2. The molecule has 5 rings (SSSR count). The van der Waals surface area contributed by atoms with Gasteiger partial charge in [0.15, 0.2) is 0 Å². The molecule has 1 amide bonds. The highest BCUT2D eigenvalue weighted by Gasteiger charge is 2.46. The van der Waals surface area contributed by atoms with Crippen molar-refractivity contribution in [2.45, 2.75) is 68.4 Å². The maximum Gasteiger partial charge on any atom is 0.416 e. The van der Waals surface area contributed by atoms with Crippen molar-refractivity contribution in [1.82, 2.24) is 14.7 Å². The minimum absolute atomic E-state index is 0.0380. The third kappa shape index (κ3) is 6.50. The van der Waals surface area contributed by atoms with Crippen molar-refractivity contribution in [3.05, 3.63) is 69.4 Å². The van der Waals surface area contributed by atoms with Crippen LogP contribution in [0.15, 0.2) is 46.9 Å². The topological polar surface area (TPSA) is 47.0 Å². The van der Waals surface area contributed by atoms with E-state index in [9.17, 15) is 27.5 Å². The predicted molar refractivity (Wildman–Crippen MR) is 144 cm³/mol. The molecule has 0 aromatic heterocycles. The number of likely N-dealkylation sites (tertiary alicyclic amines) is 1. The van der Waals surface area contributed by atoms with Gasteiger partial charge in [-0.3, -0.25) is 9.69 Å². The molecule has 0 aliphatic carbocycles. The zero-order chi connectivity index (χ0) is 27.9. The van der Waals surface area contributed by atoms with Gasteiger partial charge in [0.1, 0.15) is 5.82 Å². The quantitative estimate of drug-likeness (QED) is 0.399. The smallest absolute Gasteiger partial charge is 0.393 e. The van der Waals surface area contributed by atoms with Gasteiger partial charge in [-0.05, 0) is 74.5 Å². The summed E-state index contributed by atoms with van der Waals surface area (Å²) in [5.41, 5.74) is -0.0296. The zero-order valence-corrected chi connectivity index (χ0v) is 23.5. The number of hydrogen-bond donors (Lipinski definition) is 1. The summed E-state index contributed by atoms with van der Waals surface area (Å²) in [5, 5.41) is 10.1. The fraction of sp³-hybridized carbons (Fsp3) is 0.552. The second kappa shape index (κ2) is 11.5. The number of amides is 1. The molecule has 39 heavy (non-hydrogen) atoms. The Labute approximate surface area is 234 Å². The Kier molecular flexibility index (Phi) is 8.38. The normalized spacial score (nSPS) is 24.9. The number of fused-ring (bicyclic) bond motifs is 2. The lowest BCUT2D eigenvalue weighted by atomic mass is 9.92. The molecule has 1 N–H and O–H groups in total. The highest BCUT2D eigenvalue weighted by Crippen LogP contribution is 2.39. The van der Waals surface area contributed by atoms with Gasteiger partial charge in [-0.25, -0.2) is 4.39 Å². The fourth-order valence-corrected chi connectivity index (χ4v) is 7.14. The summed E-state index contributed by atoms with van der Waals surface area (Å²) in [4.78, 5) is 19.6. The number of halogens is 5. The first-order chi connectivity index (χ1) is 18.5. The highest BCUT2D eigenvalue weighted by molar-refractivity contribution is 9.10. The summed E-state index contributed by atoms with van der Waals surface area (Å²) in [6.45, 7) is 3.03. The van der Waals surface area contributed by atoms with Crippen molar-refractivity contribution in [2.24, 2.45) is 0 Å². The van der Waals surface area contributed by atoms with Crippen LogP contribution in [-0.2, 0) is 6.18 Å². The van der Waals surface area contributed by atoms with Crippen LogP contribution in [0.2, 0.25) is 0 Å². The Bertz CT molecular complexity index is 1160. The first-order valence-corrected chi connectivity index (χ1v) is 14.3. The summed E-state index contributed by atoms with van der Waals surface area (Å²) in [7, 11) is 1.59. The molecule has 0 spiro atoms. The SMILES string of the molecule is CN(C[C@@H](CCN1CC(N2[C@H]3CC[C@H]2CC(O)C3)C1)c1ccc(F)cc1)C(=O)c1cc(Br)cc(C(F)(F)F)c1. The van der Waals surface area contributed by atoms with Gasteiger partial charge in [0.25, 0.3) is 5.91 Å². The summed E-state index contributed by atoms with van der Waals surface area (Å²) in [5.74, 6) is -0.947. The molecule has 2 bridgehead atoms. The molecule has 3 fully saturated rings. The van der Waals surface area contributed by atoms with E-state index in [0.717, 1.165) is 69.4 Å². The van der Waals surface area contributed by atoms with Crippen LogP contribution in [0.4, 0.5) is 17.6 Å². The molecular weight excluding hydrogens is 578 g/mol. The van der Waals surface area contributed by atoms with Gasteiger partial charge >= 0.3 is 6.18 Å².